The number of aliphatic hydroxyl groups excluding tert-OH is 1. The highest BCUT2D eigenvalue weighted by Gasteiger charge is 2.16. The number of nitrogens with zero attached hydrogens (tertiary/aromatic N) is 1. The number of oxazole rings is 1. The Bertz CT molecular complexity index is 746. The molecule has 1 N–H and O–H groups in total. The smallest absolute Gasteiger partial charge is 0.402 e. The van der Waals surface area contributed by atoms with Gasteiger partial charge in [-0.15, -0.1) is 0 Å². The largest absolute Gasteiger partial charge is 0.409 e. The van der Waals surface area contributed by atoms with E-state index in [9.17, 15) is 4.79 Å². The molecular weight excluding hydrogens is 270 g/mol. The molecule has 21 heavy (non-hydrogen) atoms. The number of esters is 1. The maximum absolute atomic E-state index is 12.2. The number of carbonyl (C=O) groups excluding carboxylic acids is 1. The van der Waals surface area contributed by atoms with Gasteiger partial charge in [-0.3, -0.25) is 0 Å². The number of rotatable bonds is 4. The summed E-state index contributed by atoms with van der Waals surface area (Å²) in [5, 5.41) is 9.03. The number of ether oxygens (including phenoxy) is 1. The van der Waals surface area contributed by atoms with Crippen LogP contribution in [-0.2, 0) is 6.42 Å². The van der Waals surface area contributed by atoms with E-state index in [4.69, 9.17) is 14.3 Å². The summed E-state index contributed by atoms with van der Waals surface area (Å²) in [6.45, 7) is -0.0345. The number of aliphatic hydroxyl groups is 1. The minimum absolute atomic E-state index is 0.0345. The summed E-state index contributed by atoms with van der Waals surface area (Å²) in [5.74, 6) is -0.550. The third-order valence-corrected chi connectivity index (χ3v) is 3.07. The lowest BCUT2D eigenvalue weighted by Crippen LogP contribution is -2.12. The van der Waals surface area contributed by atoms with Crippen molar-refractivity contribution in [3.05, 3.63) is 59.7 Å². The zero-order chi connectivity index (χ0) is 14.7. The molecule has 0 saturated heterocycles. The van der Waals surface area contributed by atoms with Crippen LogP contribution in [0.2, 0.25) is 0 Å². The van der Waals surface area contributed by atoms with Crippen molar-refractivity contribution in [2.24, 2.45) is 0 Å². The number of hydrogen-bond donors (Lipinski definition) is 1. The fourth-order valence-electron chi connectivity index (χ4n) is 2.09. The lowest BCUT2D eigenvalue weighted by atomic mass is 10.1. The van der Waals surface area contributed by atoms with Crippen molar-refractivity contribution in [1.29, 1.82) is 0 Å². The molecule has 0 radical (unpaired) electrons. The van der Waals surface area contributed by atoms with Gasteiger partial charge in [0.15, 0.2) is 5.58 Å². The molecule has 3 aromatic rings. The van der Waals surface area contributed by atoms with Crippen molar-refractivity contribution in [3.8, 4) is 6.08 Å². The number of aromatic nitrogens is 1. The molecule has 2 aromatic carbocycles. The molecule has 3 rings (SSSR count). The van der Waals surface area contributed by atoms with Gasteiger partial charge in [-0.1, -0.05) is 30.3 Å². The standard InChI is InChI=1S/C16H13NO4/c18-10-9-11-5-1-2-6-12(11)15(19)21-16-17-13-7-3-4-8-14(13)20-16/h1-8,18H,9-10H2. The maximum Gasteiger partial charge on any atom is 0.402 e. The molecule has 0 spiro atoms. The van der Waals surface area contributed by atoms with Crippen LogP contribution in [-0.4, -0.2) is 22.7 Å². The second-order valence-corrected chi connectivity index (χ2v) is 4.47. The monoisotopic (exact) mass is 283 g/mol. The number of para-hydroxylation sites is 2. The molecule has 1 aromatic heterocycles. The van der Waals surface area contributed by atoms with Crippen LogP contribution >= 0.6 is 0 Å². The zero-order valence-electron chi connectivity index (χ0n) is 11.2. The molecule has 0 aliphatic rings. The molecular formula is C16H13NO4. The Morgan fingerprint density at radius 3 is 2.71 bits per heavy atom. The van der Waals surface area contributed by atoms with Gasteiger partial charge in [0.05, 0.1) is 5.56 Å². The van der Waals surface area contributed by atoms with E-state index in [1.807, 2.05) is 12.1 Å². The van der Waals surface area contributed by atoms with Gasteiger partial charge in [-0.25, -0.2) is 4.79 Å². The SMILES string of the molecule is O=C(Oc1nc2ccccc2o1)c1ccccc1CCO. The van der Waals surface area contributed by atoms with Crippen LogP contribution in [0.25, 0.3) is 11.1 Å². The summed E-state index contributed by atoms with van der Waals surface area (Å²) in [7, 11) is 0. The average Bonchev–Trinajstić information content (AvgIpc) is 2.90. The third kappa shape index (κ3) is 2.78. The maximum atomic E-state index is 12.2. The first kappa shape index (κ1) is 13.3. The lowest BCUT2D eigenvalue weighted by Gasteiger charge is -2.05. The van der Waals surface area contributed by atoms with Crippen LogP contribution in [0.4, 0.5) is 0 Å². The summed E-state index contributed by atoms with van der Waals surface area (Å²) in [4.78, 5) is 16.3. The van der Waals surface area contributed by atoms with Crippen LogP contribution in [0.1, 0.15) is 15.9 Å². The van der Waals surface area contributed by atoms with Crippen molar-refractivity contribution in [3.63, 3.8) is 0 Å². The van der Waals surface area contributed by atoms with E-state index < -0.39 is 5.97 Å². The van der Waals surface area contributed by atoms with Gasteiger partial charge in [0, 0.05) is 6.61 Å². The van der Waals surface area contributed by atoms with E-state index in [2.05, 4.69) is 4.98 Å². The number of fused-ring (bicyclic) bond motifs is 1. The molecule has 0 bridgehead atoms. The Kier molecular flexibility index (Phi) is 3.66. The topological polar surface area (TPSA) is 72.6 Å². The minimum atomic E-state index is -0.550. The lowest BCUT2D eigenvalue weighted by molar-refractivity contribution is 0.0685. The predicted molar refractivity (Wildman–Crippen MR) is 76.2 cm³/mol. The van der Waals surface area contributed by atoms with E-state index in [-0.39, 0.29) is 12.7 Å². The number of benzene rings is 2. The molecule has 1 heterocycles. The highest BCUT2D eigenvalue weighted by Crippen LogP contribution is 2.21. The molecule has 106 valence electrons. The zero-order valence-corrected chi connectivity index (χ0v) is 11.2. The van der Waals surface area contributed by atoms with Crippen molar-refractivity contribution >= 4 is 17.1 Å². The normalized spacial score (nSPS) is 10.7. The minimum Gasteiger partial charge on any atom is -0.409 e. The summed E-state index contributed by atoms with van der Waals surface area (Å²) in [6.07, 6.45) is 0.304. The first-order valence-electron chi connectivity index (χ1n) is 6.54. The number of carbonyl (C=O) groups is 1. The van der Waals surface area contributed by atoms with Gasteiger partial charge in [0.2, 0.25) is 0 Å². The van der Waals surface area contributed by atoms with Crippen molar-refractivity contribution in [2.75, 3.05) is 6.61 Å². The highest BCUT2D eigenvalue weighted by molar-refractivity contribution is 5.92. The van der Waals surface area contributed by atoms with Crippen molar-refractivity contribution < 1.29 is 19.1 Å². The van der Waals surface area contributed by atoms with Crippen LogP contribution in [0.15, 0.2) is 52.9 Å². The molecule has 0 aliphatic carbocycles. The second kappa shape index (κ2) is 5.76. The molecule has 5 nitrogen and oxygen atoms in total. The Labute approximate surface area is 120 Å². The van der Waals surface area contributed by atoms with Crippen molar-refractivity contribution in [2.45, 2.75) is 6.42 Å². The van der Waals surface area contributed by atoms with Crippen LogP contribution in [0, 0.1) is 0 Å². The fourth-order valence-corrected chi connectivity index (χ4v) is 2.09. The summed E-state index contributed by atoms with van der Waals surface area (Å²) >= 11 is 0. The summed E-state index contributed by atoms with van der Waals surface area (Å²) < 4.78 is 10.5. The van der Waals surface area contributed by atoms with E-state index in [1.54, 1.807) is 36.4 Å². The first-order valence-corrected chi connectivity index (χ1v) is 6.54. The average molecular weight is 283 g/mol. The van der Waals surface area contributed by atoms with Crippen molar-refractivity contribution in [1.82, 2.24) is 4.98 Å². The molecule has 0 atom stereocenters. The van der Waals surface area contributed by atoms with Crippen LogP contribution in [0.3, 0.4) is 0 Å². The molecule has 0 aliphatic heterocycles. The van der Waals surface area contributed by atoms with Gasteiger partial charge in [-0.05, 0) is 30.2 Å². The van der Waals surface area contributed by atoms with E-state index in [0.717, 1.165) is 5.56 Å². The molecule has 5 heteroatoms. The molecule has 0 amide bonds. The third-order valence-electron chi connectivity index (χ3n) is 3.07. The Morgan fingerprint density at radius 1 is 1.14 bits per heavy atom. The van der Waals surface area contributed by atoms with Crippen LogP contribution < -0.4 is 4.74 Å². The summed E-state index contributed by atoms with van der Waals surface area (Å²) in [6, 6.07) is 14.1. The van der Waals surface area contributed by atoms with Gasteiger partial charge < -0.3 is 14.3 Å². The fraction of sp³-hybridized carbons (Fsp3) is 0.125. The molecule has 0 unspecified atom stereocenters. The van der Waals surface area contributed by atoms with E-state index in [0.29, 0.717) is 23.1 Å². The van der Waals surface area contributed by atoms with Crippen LogP contribution in [0.5, 0.6) is 6.08 Å². The Balaban J connectivity index is 1.86. The number of hydrogen-bond acceptors (Lipinski definition) is 5. The molecule has 0 saturated carbocycles. The second-order valence-electron chi connectivity index (χ2n) is 4.47. The molecule has 0 fully saturated rings. The van der Waals surface area contributed by atoms with Gasteiger partial charge in [0.25, 0.3) is 0 Å². The highest BCUT2D eigenvalue weighted by atomic mass is 16.6. The first-order chi connectivity index (χ1) is 10.3. The van der Waals surface area contributed by atoms with Gasteiger partial charge in [-0.2, -0.15) is 4.98 Å². The van der Waals surface area contributed by atoms with E-state index in [1.165, 1.54) is 0 Å². The van der Waals surface area contributed by atoms with Gasteiger partial charge >= 0.3 is 12.0 Å². The summed E-state index contributed by atoms with van der Waals surface area (Å²) in [5.41, 5.74) is 2.31. The van der Waals surface area contributed by atoms with Gasteiger partial charge in [0.1, 0.15) is 5.52 Å². The Hall–Kier alpha value is -2.66. The predicted octanol–water partition coefficient (Wildman–Crippen LogP) is 2.58. The quantitative estimate of drug-likeness (QED) is 0.745. The Morgan fingerprint density at radius 2 is 1.90 bits per heavy atom. The van der Waals surface area contributed by atoms with E-state index >= 15 is 0 Å².